The topological polar surface area (TPSA) is 40.6 Å². The van der Waals surface area contributed by atoms with Crippen molar-refractivity contribution in [1.82, 2.24) is 23.7 Å². The van der Waals surface area contributed by atoms with Crippen LogP contribution in [0.2, 0.25) is 0 Å². The molecule has 0 bridgehead atoms. The summed E-state index contributed by atoms with van der Waals surface area (Å²) in [6.07, 6.45) is 0. The number of benzene rings is 8. The average molecular weight is 702 g/mol. The fourth-order valence-corrected chi connectivity index (χ4v) is 8.85. The molecule has 8 aromatic carbocycles. The van der Waals surface area contributed by atoms with Gasteiger partial charge in [0.1, 0.15) is 0 Å². The van der Waals surface area contributed by atoms with Crippen molar-refractivity contribution < 1.29 is 0 Å². The summed E-state index contributed by atoms with van der Waals surface area (Å²) < 4.78 is 7.09. The predicted octanol–water partition coefficient (Wildman–Crippen LogP) is 12.6. The second kappa shape index (κ2) is 11.5. The van der Waals surface area contributed by atoms with E-state index in [4.69, 9.17) is 9.97 Å². The van der Waals surface area contributed by atoms with Crippen LogP contribution in [-0.4, -0.2) is 23.7 Å². The average Bonchev–Trinajstić information content (AvgIpc) is 3.87. The van der Waals surface area contributed by atoms with Gasteiger partial charge in [-0.2, -0.15) is 0 Å². The van der Waals surface area contributed by atoms with Crippen LogP contribution < -0.4 is 0 Å². The summed E-state index contributed by atoms with van der Waals surface area (Å²) in [5.74, 6) is 0.652. The summed E-state index contributed by atoms with van der Waals surface area (Å²) in [4.78, 5) is 10.6. The molecular formula is C50H31N5. The molecule has 0 unspecified atom stereocenters. The summed E-state index contributed by atoms with van der Waals surface area (Å²) in [5, 5.41) is 8.23. The Kier molecular flexibility index (Phi) is 6.27. The lowest BCUT2D eigenvalue weighted by Crippen LogP contribution is -2.03. The number of nitrogens with zero attached hydrogens (tertiary/aromatic N) is 5. The van der Waals surface area contributed by atoms with Gasteiger partial charge in [0.25, 0.3) is 0 Å². The molecule has 0 fully saturated rings. The van der Waals surface area contributed by atoms with Gasteiger partial charge in [-0.15, -0.1) is 0 Å². The Morgan fingerprint density at radius 3 is 1.38 bits per heavy atom. The van der Waals surface area contributed by atoms with E-state index in [0.29, 0.717) is 5.95 Å². The number of hydrogen-bond acceptors (Lipinski definition) is 2. The van der Waals surface area contributed by atoms with Crippen molar-refractivity contribution in [1.29, 1.82) is 0 Å². The van der Waals surface area contributed by atoms with E-state index in [9.17, 15) is 0 Å². The molecule has 0 N–H and O–H groups in total. The first-order chi connectivity index (χ1) is 27.3. The van der Waals surface area contributed by atoms with Crippen molar-refractivity contribution in [2.75, 3.05) is 0 Å². The molecule has 0 saturated carbocycles. The molecule has 4 aromatic heterocycles. The first-order valence-corrected chi connectivity index (χ1v) is 18.7. The second-order valence-corrected chi connectivity index (χ2v) is 14.2. The van der Waals surface area contributed by atoms with Gasteiger partial charge in [0.2, 0.25) is 5.95 Å². The lowest BCUT2D eigenvalue weighted by Gasteiger charge is -2.12. The SMILES string of the molecule is c1ccc(-c2nc(-n3c4ccccc4c4cc5c6cc7c(cc6n(-c6ccccc6)c5cc43)c3ccccc3n7-c3ccccc3)nc3ccccc23)cc1. The van der Waals surface area contributed by atoms with Crippen molar-refractivity contribution >= 4 is 76.3 Å². The summed E-state index contributed by atoms with van der Waals surface area (Å²) in [7, 11) is 0. The number of para-hydroxylation sites is 5. The van der Waals surface area contributed by atoms with Crippen molar-refractivity contribution in [3.05, 3.63) is 188 Å². The highest BCUT2D eigenvalue weighted by atomic mass is 15.2. The monoisotopic (exact) mass is 701 g/mol. The molecule has 5 nitrogen and oxygen atoms in total. The summed E-state index contributed by atoms with van der Waals surface area (Å²) in [6, 6.07) is 67.1. The van der Waals surface area contributed by atoms with E-state index in [1.54, 1.807) is 0 Å². The van der Waals surface area contributed by atoms with Crippen LogP contribution in [0.5, 0.6) is 0 Å². The van der Waals surface area contributed by atoms with E-state index in [0.717, 1.165) is 60.9 Å². The van der Waals surface area contributed by atoms with Crippen molar-refractivity contribution in [3.63, 3.8) is 0 Å². The third-order valence-electron chi connectivity index (χ3n) is 11.2. The number of fused-ring (bicyclic) bond motifs is 10. The second-order valence-electron chi connectivity index (χ2n) is 14.2. The fourth-order valence-electron chi connectivity index (χ4n) is 8.85. The van der Waals surface area contributed by atoms with Gasteiger partial charge in [0.05, 0.1) is 44.3 Å². The van der Waals surface area contributed by atoms with Crippen LogP contribution in [0.1, 0.15) is 0 Å². The van der Waals surface area contributed by atoms with Crippen molar-refractivity contribution in [2.45, 2.75) is 0 Å². The minimum Gasteiger partial charge on any atom is -0.309 e. The molecule has 256 valence electrons. The smallest absolute Gasteiger partial charge is 0.235 e. The molecule has 0 aliphatic rings. The quantitative estimate of drug-likeness (QED) is 0.183. The third kappa shape index (κ3) is 4.35. The molecule has 0 aliphatic heterocycles. The first-order valence-electron chi connectivity index (χ1n) is 18.7. The molecule has 55 heavy (non-hydrogen) atoms. The van der Waals surface area contributed by atoms with E-state index in [1.807, 2.05) is 6.07 Å². The van der Waals surface area contributed by atoms with E-state index >= 15 is 0 Å². The third-order valence-corrected chi connectivity index (χ3v) is 11.2. The van der Waals surface area contributed by atoms with Gasteiger partial charge in [0.15, 0.2) is 0 Å². The van der Waals surface area contributed by atoms with Gasteiger partial charge in [-0.3, -0.25) is 4.57 Å². The molecule has 0 spiro atoms. The minimum absolute atomic E-state index is 0.652. The highest BCUT2D eigenvalue weighted by Gasteiger charge is 2.22. The Hall–Kier alpha value is -7.50. The summed E-state index contributed by atoms with van der Waals surface area (Å²) >= 11 is 0. The lowest BCUT2D eigenvalue weighted by atomic mass is 10.1. The highest BCUT2D eigenvalue weighted by molar-refractivity contribution is 6.23. The molecule has 0 aliphatic carbocycles. The fraction of sp³-hybridized carbons (Fsp3) is 0. The van der Waals surface area contributed by atoms with Crippen LogP contribution in [0.25, 0.3) is 105 Å². The molecule has 0 radical (unpaired) electrons. The van der Waals surface area contributed by atoms with E-state index in [1.165, 1.54) is 38.1 Å². The molecule has 5 heteroatoms. The molecule has 0 amide bonds. The Morgan fingerprint density at radius 2 is 0.727 bits per heavy atom. The Morgan fingerprint density at radius 1 is 0.291 bits per heavy atom. The maximum atomic E-state index is 5.36. The molecule has 12 aromatic rings. The van der Waals surface area contributed by atoms with Gasteiger partial charge >= 0.3 is 0 Å². The Bertz CT molecular complexity index is 3470. The van der Waals surface area contributed by atoms with Gasteiger partial charge in [-0.1, -0.05) is 121 Å². The maximum absolute atomic E-state index is 5.36. The molecule has 0 atom stereocenters. The maximum Gasteiger partial charge on any atom is 0.235 e. The summed E-state index contributed by atoms with van der Waals surface area (Å²) in [5.41, 5.74) is 12.0. The largest absolute Gasteiger partial charge is 0.309 e. The zero-order chi connectivity index (χ0) is 36.0. The van der Waals surface area contributed by atoms with Crippen LogP contribution in [-0.2, 0) is 0 Å². The van der Waals surface area contributed by atoms with Gasteiger partial charge in [-0.25, -0.2) is 9.97 Å². The first kappa shape index (κ1) is 30.0. The zero-order valence-electron chi connectivity index (χ0n) is 29.6. The zero-order valence-corrected chi connectivity index (χ0v) is 29.6. The van der Waals surface area contributed by atoms with Crippen LogP contribution in [0.15, 0.2) is 188 Å². The number of hydrogen-bond donors (Lipinski definition) is 0. The normalized spacial score (nSPS) is 12.0. The lowest BCUT2D eigenvalue weighted by molar-refractivity contribution is 1.01. The van der Waals surface area contributed by atoms with Gasteiger partial charge in [-0.05, 0) is 66.7 Å². The van der Waals surface area contributed by atoms with E-state index in [2.05, 4.69) is 196 Å². The molecule has 12 rings (SSSR count). The van der Waals surface area contributed by atoms with Crippen LogP contribution >= 0.6 is 0 Å². The van der Waals surface area contributed by atoms with Gasteiger partial charge < -0.3 is 9.13 Å². The number of aromatic nitrogens is 5. The van der Waals surface area contributed by atoms with E-state index < -0.39 is 0 Å². The molecule has 0 saturated heterocycles. The standard InChI is InChI=1S/C50H31N5/c1-4-16-32(17-5-1)49-37-24-10-13-25-42(37)51-50(52-49)55-44-27-15-12-22-35(44)38-28-39-41-30-45-40(36-23-11-14-26-43(36)53(45)33-18-6-2-7-19-33)29-46(41)54(47(39)31-48(38)55)34-20-8-3-9-21-34/h1-31H. The van der Waals surface area contributed by atoms with Crippen molar-refractivity contribution in [2.24, 2.45) is 0 Å². The Balaban J connectivity index is 1.23. The predicted molar refractivity (Wildman–Crippen MR) is 228 cm³/mol. The highest BCUT2D eigenvalue weighted by Crippen LogP contribution is 2.43. The van der Waals surface area contributed by atoms with Crippen molar-refractivity contribution in [3.8, 4) is 28.6 Å². The molecule has 4 heterocycles. The van der Waals surface area contributed by atoms with Crippen LogP contribution in [0.4, 0.5) is 0 Å². The van der Waals surface area contributed by atoms with Gasteiger partial charge in [0, 0.05) is 54.6 Å². The summed E-state index contributed by atoms with van der Waals surface area (Å²) in [6.45, 7) is 0. The minimum atomic E-state index is 0.652. The van der Waals surface area contributed by atoms with Crippen LogP contribution in [0, 0.1) is 0 Å². The van der Waals surface area contributed by atoms with E-state index in [-0.39, 0.29) is 0 Å². The number of rotatable bonds is 4. The Labute approximate surface area is 315 Å². The van der Waals surface area contributed by atoms with Crippen LogP contribution in [0.3, 0.4) is 0 Å². The molecular weight excluding hydrogens is 671 g/mol.